The lowest BCUT2D eigenvalue weighted by Gasteiger charge is -2.12. The minimum atomic E-state index is 0.175. The molecular formula is C14H13ClN2O. The molecule has 0 saturated heterocycles. The average molecular weight is 261 g/mol. The zero-order valence-corrected chi connectivity index (χ0v) is 10.5. The molecule has 0 spiro atoms. The fraction of sp³-hybridized carbons (Fsp3) is 0.214. The number of anilines is 1. The van der Waals surface area contributed by atoms with Gasteiger partial charge in [-0.1, -0.05) is 29.8 Å². The Hall–Kier alpha value is -1.74. The maximum atomic E-state index is 5.85. The lowest BCUT2D eigenvalue weighted by Crippen LogP contribution is -2.23. The number of benzene rings is 1. The molecule has 1 N–H and O–H groups in total. The maximum Gasteiger partial charge on any atom is 0.131 e. The molecule has 3 nitrogen and oxygen atoms in total. The fourth-order valence-corrected chi connectivity index (χ4v) is 2.29. The molecule has 2 aromatic rings. The highest BCUT2D eigenvalue weighted by molar-refractivity contribution is 6.29. The van der Waals surface area contributed by atoms with Crippen molar-refractivity contribution in [2.45, 2.75) is 12.5 Å². The zero-order valence-electron chi connectivity index (χ0n) is 9.77. The smallest absolute Gasteiger partial charge is 0.131 e. The second-order valence-electron chi connectivity index (χ2n) is 4.30. The summed E-state index contributed by atoms with van der Waals surface area (Å²) in [5, 5.41) is 3.81. The van der Waals surface area contributed by atoms with Gasteiger partial charge in [-0.3, -0.25) is 0 Å². The number of nitrogens with zero attached hydrogens (tertiary/aromatic N) is 1. The quantitative estimate of drug-likeness (QED) is 0.861. The zero-order chi connectivity index (χ0) is 12.4. The predicted molar refractivity (Wildman–Crippen MR) is 72.3 cm³/mol. The van der Waals surface area contributed by atoms with Gasteiger partial charge in [0.25, 0.3) is 0 Å². The largest absolute Gasteiger partial charge is 0.488 e. The molecule has 0 aliphatic carbocycles. The van der Waals surface area contributed by atoms with Crippen molar-refractivity contribution in [3.8, 4) is 5.75 Å². The molecule has 1 aromatic carbocycles. The summed E-state index contributed by atoms with van der Waals surface area (Å²) in [6.07, 6.45) is 2.81. The first-order chi connectivity index (χ1) is 8.81. The van der Waals surface area contributed by atoms with Gasteiger partial charge in [-0.05, 0) is 23.8 Å². The number of nitrogens with one attached hydrogen (secondary N) is 1. The summed E-state index contributed by atoms with van der Waals surface area (Å²) in [4.78, 5) is 3.95. The summed E-state index contributed by atoms with van der Waals surface area (Å²) in [6.45, 7) is 0.759. The molecule has 1 unspecified atom stereocenters. The van der Waals surface area contributed by atoms with Gasteiger partial charge in [-0.15, -0.1) is 0 Å². The summed E-state index contributed by atoms with van der Waals surface area (Å²) in [6, 6.07) is 11.9. The first-order valence-corrected chi connectivity index (χ1v) is 6.29. The van der Waals surface area contributed by atoms with Crippen LogP contribution in [-0.2, 0) is 6.42 Å². The van der Waals surface area contributed by atoms with Crippen molar-refractivity contribution in [2.24, 2.45) is 0 Å². The fourth-order valence-electron chi connectivity index (χ4n) is 2.11. The van der Waals surface area contributed by atoms with Crippen molar-refractivity contribution < 1.29 is 4.74 Å². The van der Waals surface area contributed by atoms with Gasteiger partial charge in [0, 0.05) is 18.3 Å². The highest BCUT2D eigenvalue weighted by Crippen LogP contribution is 2.28. The molecule has 0 fully saturated rings. The molecule has 1 aromatic heterocycles. The first-order valence-electron chi connectivity index (χ1n) is 5.91. The van der Waals surface area contributed by atoms with Crippen molar-refractivity contribution in [1.29, 1.82) is 0 Å². The van der Waals surface area contributed by atoms with Crippen molar-refractivity contribution in [3.05, 3.63) is 53.3 Å². The van der Waals surface area contributed by atoms with E-state index in [4.69, 9.17) is 16.3 Å². The Bertz CT molecular complexity index is 534. The normalized spacial score (nSPS) is 17.1. The standard InChI is InChI=1S/C14H13ClN2O/c15-14-8-11(5-6-16-14)17-9-12-7-10-3-1-2-4-13(10)18-12/h1-6,8,12H,7,9H2,(H,16,17). The Morgan fingerprint density at radius 1 is 1.33 bits per heavy atom. The number of para-hydroxylation sites is 1. The minimum Gasteiger partial charge on any atom is -0.488 e. The number of rotatable bonds is 3. The van der Waals surface area contributed by atoms with Crippen molar-refractivity contribution in [3.63, 3.8) is 0 Å². The molecule has 0 bridgehead atoms. The van der Waals surface area contributed by atoms with Crippen LogP contribution in [0.15, 0.2) is 42.6 Å². The number of ether oxygens (including phenoxy) is 1. The summed E-state index contributed by atoms with van der Waals surface area (Å²) < 4.78 is 5.85. The third-order valence-electron chi connectivity index (χ3n) is 2.97. The Balaban J connectivity index is 1.60. The molecular weight excluding hydrogens is 248 g/mol. The van der Waals surface area contributed by atoms with Crippen LogP contribution in [-0.4, -0.2) is 17.6 Å². The van der Waals surface area contributed by atoms with Crippen LogP contribution >= 0.6 is 11.6 Å². The molecule has 0 radical (unpaired) electrons. The summed E-state index contributed by atoms with van der Waals surface area (Å²) >= 11 is 5.83. The van der Waals surface area contributed by atoms with E-state index in [1.54, 1.807) is 6.20 Å². The van der Waals surface area contributed by atoms with Crippen LogP contribution in [0.2, 0.25) is 5.15 Å². The van der Waals surface area contributed by atoms with Gasteiger partial charge in [0.2, 0.25) is 0 Å². The maximum absolute atomic E-state index is 5.85. The molecule has 2 heterocycles. The third-order valence-corrected chi connectivity index (χ3v) is 3.18. The Kier molecular flexibility index (Phi) is 3.07. The van der Waals surface area contributed by atoms with E-state index in [-0.39, 0.29) is 6.10 Å². The van der Waals surface area contributed by atoms with E-state index in [1.165, 1.54) is 5.56 Å². The van der Waals surface area contributed by atoms with Crippen LogP contribution in [0.4, 0.5) is 5.69 Å². The average Bonchev–Trinajstić information content (AvgIpc) is 2.79. The first kappa shape index (κ1) is 11.4. The number of aromatic nitrogens is 1. The van der Waals surface area contributed by atoms with Crippen LogP contribution in [0.25, 0.3) is 0 Å². The van der Waals surface area contributed by atoms with Crippen LogP contribution in [0.5, 0.6) is 5.75 Å². The van der Waals surface area contributed by atoms with Crippen molar-refractivity contribution in [1.82, 2.24) is 4.98 Å². The number of fused-ring (bicyclic) bond motifs is 1. The second-order valence-corrected chi connectivity index (χ2v) is 4.69. The van der Waals surface area contributed by atoms with Crippen LogP contribution in [0.1, 0.15) is 5.56 Å². The topological polar surface area (TPSA) is 34.1 Å². The van der Waals surface area contributed by atoms with E-state index < -0.39 is 0 Å². The number of pyridine rings is 1. The number of halogens is 1. The Morgan fingerprint density at radius 3 is 3.06 bits per heavy atom. The van der Waals surface area contributed by atoms with Gasteiger partial charge in [0.15, 0.2) is 0 Å². The van der Waals surface area contributed by atoms with Gasteiger partial charge >= 0.3 is 0 Å². The Labute approximate surface area is 111 Å². The molecule has 3 rings (SSSR count). The highest BCUT2D eigenvalue weighted by Gasteiger charge is 2.21. The minimum absolute atomic E-state index is 0.175. The van der Waals surface area contributed by atoms with E-state index in [0.717, 1.165) is 24.4 Å². The van der Waals surface area contributed by atoms with E-state index in [2.05, 4.69) is 16.4 Å². The molecule has 4 heteroatoms. The summed E-state index contributed by atoms with van der Waals surface area (Å²) in [5.74, 6) is 0.997. The second kappa shape index (κ2) is 4.86. The van der Waals surface area contributed by atoms with E-state index in [0.29, 0.717) is 5.15 Å². The molecule has 1 aliphatic rings. The molecule has 1 atom stereocenters. The van der Waals surface area contributed by atoms with Gasteiger partial charge in [-0.2, -0.15) is 0 Å². The lowest BCUT2D eigenvalue weighted by atomic mass is 10.1. The van der Waals surface area contributed by atoms with Crippen LogP contribution in [0, 0.1) is 0 Å². The van der Waals surface area contributed by atoms with Gasteiger partial charge in [0.05, 0.1) is 6.54 Å². The van der Waals surface area contributed by atoms with E-state index >= 15 is 0 Å². The molecule has 0 saturated carbocycles. The van der Waals surface area contributed by atoms with Crippen molar-refractivity contribution in [2.75, 3.05) is 11.9 Å². The molecule has 92 valence electrons. The SMILES string of the molecule is Clc1cc(NCC2Cc3ccccc3O2)ccn1. The van der Waals surface area contributed by atoms with Gasteiger partial charge < -0.3 is 10.1 Å². The van der Waals surface area contributed by atoms with Gasteiger partial charge in [0.1, 0.15) is 17.0 Å². The number of hydrogen-bond acceptors (Lipinski definition) is 3. The number of hydrogen-bond donors (Lipinski definition) is 1. The third kappa shape index (κ3) is 2.41. The monoisotopic (exact) mass is 260 g/mol. The molecule has 0 amide bonds. The Morgan fingerprint density at radius 2 is 2.22 bits per heavy atom. The van der Waals surface area contributed by atoms with Crippen LogP contribution < -0.4 is 10.1 Å². The summed E-state index contributed by atoms with van der Waals surface area (Å²) in [7, 11) is 0. The molecule has 18 heavy (non-hydrogen) atoms. The van der Waals surface area contributed by atoms with Crippen LogP contribution in [0.3, 0.4) is 0 Å². The van der Waals surface area contributed by atoms with Gasteiger partial charge in [-0.25, -0.2) is 4.98 Å². The lowest BCUT2D eigenvalue weighted by molar-refractivity contribution is 0.246. The predicted octanol–water partition coefficient (Wildman–Crippen LogP) is 3.15. The molecule has 1 aliphatic heterocycles. The van der Waals surface area contributed by atoms with E-state index in [1.807, 2.05) is 30.3 Å². The van der Waals surface area contributed by atoms with E-state index in [9.17, 15) is 0 Å². The highest BCUT2D eigenvalue weighted by atomic mass is 35.5. The summed E-state index contributed by atoms with van der Waals surface area (Å²) in [5.41, 5.74) is 2.24. The van der Waals surface area contributed by atoms with Crippen molar-refractivity contribution >= 4 is 17.3 Å².